The van der Waals surface area contributed by atoms with E-state index in [1.807, 2.05) is 70.2 Å². The molecule has 0 spiro atoms. The van der Waals surface area contributed by atoms with E-state index in [9.17, 15) is 29.2 Å². The Balaban J connectivity index is 1.85. The number of nitriles is 1. The molecule has 3 amide bonds. The number of alkyl carbamates (subject to hydrolysis) is 1. The summed E-state index contributed by atoms with van der Waals surface area (Å²) in [6.07, 6.45) is 0.174. The first-order valence-electron chi connectivity index (χ1n) is 17.4. The highest BCUT2D eigenvalue weighted by atomic mass is 16.5. The van der Waals surface area contributed by atoms with Crippen molar-refractivity contribution in [2.45, 2.75) is 96.6 Å². The first kappa shape index (κ1) is 39.8. The van der Waals surface area contributed by atoms with Gasteiger partial charge in [0.05, 0.1) is 18.5 Å². The number of ketones is 2. The van der Waals surface area contributed by atoms with Crippen LogP contribution in [0.4, 0.5) is 4.79 Å². The summed E-state index contributed by atoms with van der Waals surface area (Å²) < 4.78 is 5.29. The van der Waals surface area contributed by atoms with Crippen LogP contribution in [0, 0.1) is 29.1 Å². The summed E-state index contributed by atoms with van der Waals surface area (Å²) in [5, 5.41) is 17.8. The molecule has 0 bridgehead atoms. The molecule has 3 rings (SSSR count). The van der Waals surface area contributed by atoms with Gasteiger partial charge in [-0.05, 0) is 55.8 Å². The van der Waals surface area contributed by atoms with Crippen LogP contribution in [0.25, 0.3) is 0 Å². The molecule has 2 aromatic carbocycles. The molecule has 12 heteroatoms. The minimum Gasteiger partial charge on any atom is -0.445 e. The highest BCUT2D eigenvalue weighted by Crippen LogP contribution is 2.33. The molecule has 12 nitrogen and oxygen atoms in total. The molecule has 1 heterocycles. The molecule has 270 valence electrons. The monoisotopic (exact) mass is 688 g/mol. The maximum atomic E-state index is 14.6. The number of likely N-dealkylation sites (N-methyl/N-ethyl adjacent to an activating group) is 1. The van der Waals surface area contributed by atoms with Crippen molar-refractivity contribution in [1.29, 1.82) is 5.26 Å². The van der Waals surface area contributed by atoms with Gasteiger partial charge in [0, 0.05) is 12.5 Å². The number of amides is 3. The zero-order valence-corrected chi connectivity index (χ0v) is 29.8. The van der Waals surface area contributed by atoms with Crippen molar-refractivity contribution in [3.63, 3.8) is 0 Å². The Labute approximate surface area is 295 Å². The van der Waals surface area contributed by atoms with Gasteiger partial charge in [-0.1, -0.05) is 94.8 Å². The fourth-order valence-corrected chi connectivity index (χ4v) is 6.41. The summed E-state index contributed by atoms with van der Waals surface area (Å²) >= 11 is 0. The standard InChI is InChI=1S/C38H52N6O6/c1-6-26(4)32(35(47)41-23-27-14-9-7-10-15-27)43-36(48)38(19-13-21-44(38)5)34(46)31(40)29(22-25(2)3)33(45)30(18-20-39)42-37(49)50-24-28-16-11-8-12-17-28/h7-12,14-17,25-26,29-32H,6,13,18-19,21-24,40H2,1-5H3,(H,41,47)(H,42,49)(H,43,48)/t26-,29-,30-,31?,32-,38+/m0/s1. The summed E-state index contributed by atoms with van der Waals surface area (Å²) in [4.78, 5) is 70.7. The zero-order valence-electron chi connectivity index (χ0n) is 29.8. The minimum atomic E-state index is -1.73. The largest absolute Gasteiger partial charge is 0.445 e. The Bertz CT molecular complexity index is 1500. The maximum Gasteiger partial charge on any atom is 0.408 e. The summed E-state index contributed by atoms with van der Waals surface area (Å²) in [6.45, 7) is 8.16. The van der Waals surface area contributed by atoms with Gasteiger partial charge in [-0.15, -0.1) is 0 Å². The summed E-state index contributed by atoms with van der Waals surface area (Å²) in [6, 6.07) is 16.7. The van der Waals surface area contributed by atoms with Crippen LogP contribution in [-0.2, 0) is 37.1 Å². The molecule has 0 aromatic heterocycles. The fourth-order valence-electron chi connectivity index (χ4n) is 6.41. The molecule has 1 aliphatic rings. The normalized spacial score (nSPS) is 18.9. The molecule has 5 N–H and O–H groups in total. The number of likely N-dealkylation sites (tertiary alicyclic amines) is 1. The highest BCUT2D eigenvalue weighted by molar-refractivity contribution is 6.15. The second-order valence-electron chi connectivity index (χ2n) is 13.6. The van der Waals surface area contributed by atoms with E-state index in [1.165, 1.54) is 0 Å². The third kappa shape index (κ3) is 10.2. The van der Waals surface area contributed by atoms with Crippen LogP contribution in [0.3, 0.4) is 0 Å². The van der Waals surface area contributed by atoms with Crippen molar-refractivity contribution in [1.82, 2.24) is 20.9 Å². The van der Waals surface area contributed by atoms with E-state index in [2.05, 4.69) is 16.0 Å². The quantitative estimate of drug-likeness (QED) is 0.170. The molecule has 1 unspecified atom stereocenters. The van der Waals surface area contributed by atoms with E-state index in [-0.39, 0.29) is 50.2 Å². The minimum absolute atomic E-state index is 0.0422. The number of rotatable bonds is 18. The molecule has 1 saturated heterocycles. The van der Waals surface area contributed by atoms with Gasteiger partial charge in [0.1, 0.15) is 18.7 Å². The SMILES string of the molecule is CC[C@H](C)[C@H](NC(=O)[C@]1(C(=O)C(N)[C@H](CC(C)C)C(=O)[C@H](CC#N)NC(=O)OCc2ccccc2)CCCN1C)C(=O)NCc1ccccc1. The number of hydrogen-bond acceptors (Lipinski definition) is 9. The van der Waals surface area contributed by atoms with Crippen LogP contribution in [0.1, 0.15) is 70.9 Å². The molecule has 0 radical (unpaired) electrons. The molecule has 0 saturated carbocycles. The van der Waals surface area contributed by atoms with Crippen molar-refractivity contribution < 1.29 is 28.7 Å². The Hall–Kier alpha value is -4.60. The number of carbonyl (C=O) groups excluding carboxylic acids is 5. The number of nitrogens with one attached hydrogen (secondary N) is 3. The van der Waals surface area contributed by atoms with E-state index in [1.54, 1.807) is 36.2 Å². The molecular formula is C38H52N6O6. The lowest BCUT2D eigenvalue weighted by molar-refractivity contribution is -0.147. The predicted octanol–water partition coefficient (Wildman–Crippen LogP) is 3.63. The summed E-state index contributed by atoms with van der Waals surface area (Å²) in [5.41, 5.74) is 6.59. The van der Waals surface area contributed by atoms with E-state index >= 15 is 0 Å². The average Bonchev–Trinajstić information content (AvgIpc) is 3.51. The number of Topliss-reactive ketones (excluding diaryl/α,β-unsaturated/α-hetero) is 2. The third-order valence-electron chi connectivity index (χ3n) is 9.53. The maximum absolute atomic E-state index is 14.6. The van der Waals surface area contributed by atoms with Crippen molar-refractivity contribution in [3.8, 4) is 6.07 Å². The molecule has 1 fully saturated rings. The lowest BCUT2D eigenvalue weighted by atomic mass is 9.76. The Morgan fingerprint density at radius 1 is 0.980 bits per heavy atom. The van der Waals surface area contributed by atoms with E-state index in [0.29, 0.717) is 19.4 Å². The second-order valence-corrected chi connectivity index (χ2v) is 13.6. The molecule has 1 aliphatic heterocycles. The van der Waals surface area contributed by atoms with Crippen LogP contribution >= 0.6 is 0 Å². The summed E-state index contributed by atoms with van der Waals surface area (Å²) in [5.74, 6) is -3.72. The van der Waals surface area contributed by atoms with Gasteiger partial charge in [-0.25, -0.2) is 4.79 Å². The molecule has 50 heavy (non-hydrogen) atoms. The van der Waals surface area contributed by atoms with Gasteiger partial charge >= 0.3 is 6.09 Å². The molecule has 0 aliphatic carbocycles. The van der Waals surface area contributed by atoms with Crippen LogP contribution < -0.4 is 21.7 Å². The van der Waals surface area contributed by atoms with E-state index in [0.717, 1.165) is 11.1 Å². The first-order valence-corrected chi connectivity index (χ1v) is 17.4. The molecule has 2 aromatic rings. The van der Waals surface area contributed by atoms with Crippen molar-refractivity contribution in [2.75, 3.05) is 13.6 Å². The Kier molecular flexibility index (Phi) is 15.1. The summed E-state index contributed by atoms with van der Waals surface area (Å²) in [7, 11) is 1.66. The van der Waals surface area contributed by atoms with Crippen LogP contribution in [0.15, 0.2) is 60.7 Å². The van der Waals surface area contributed by atoms with Gasteiger partial charge in [0.2, 0.25) is 11.8 Å². The fraction of sp³-hybridized carbons (Fsp3) is 0.526. The Morgan fingerprint density at radius 3 is 2.14 bits per heavy atom. The van der Waals surface area contributed by atoms with Crippen molar-refractivity contribution in [2.24, 2.45) is 23.5 Å². The number of nitrogens with zero attached hydrogens (tertiary/aromatic N) is 2. The lowest BCUT2D eigenvalue weighted by Gasteiger charge is -2.38. The van der Waals surface area contributed by atoms with E-state index in [4.69, 9.17) is 10.5 Å². The van der Waals surface area contributed by atoms with Crippen LogP contribution in [-0.4, -0.2) is 71.6 Å². The van der Waals surface area contributed by atoms with Gasteiger partial charge in [-0.3, -0.25) is 24.1 Å². The van der Waals surface area contributed by atoms with Crippen molar-refractivity contribution >= 4 is 29.5 Å². The number of benzene rings is 2. The molecular weight excluding hydrogens is 636 g/mol. The second kappa shape index (κ2) is 19.0. The lowest BCUT2D eigenvalue weighted by Crippen LogP contribution is -2.67. The van der Waals surface area contributed by atoms with Gasteiger partial charge in [0.15, 0.2) is 17.1 Å². The van der Waals surface area contributed by atoms with Crippen LogP contribution in [0.2, 0.25) is 0 Å². The number of hydrogen-bond donors (Lipinski definition) is 4. The highest BCUT2D eigenvalue weighted by Gasteiger charge is 2.55. The van der Waals surface area contributed by atoms with Gasteiger partial charge in [-0.2, -0.15) is 5.26 Å². The van der Waals surface area contributed by atoms with Gasteiger partial charge in [0.25, 0.3) is 0 Å². The average molecular weight is 689 g/mol. The van der Waals surface area contributed by atoms with Crippen LogP contribution in [0.5, 0.6) is 0 Å². The zero-order chi connectivity index (χ0) is 36.8. The smallest absolute Gasteiger partial charge is 0.408 e. The number of carbonyl (C=O) groups is 5. The number of nitrogens with two attached hydrogens (primary N) is 1. The number of ether oxygens (including phenoxy) is 1. The van der Waals surface area contributed by atoms with E-state index < -0.39 is 53.1 Å². The third-order valence-corrected chi connectivity index (χ3v) is 9.53. The molecule has 6 atom stereocenters. The Morgan fingerprint density at radius 2 is 1.60 bits per heavy atom. The first-order chi connectivity index (χ1) is 23.8. The van der Waals surface area contributed by atoms with Crippen molar-refractivity contribution in [3.05, 3.63) is 71.8 Å². The van der Waals surface area contributed by atoms with Gasteiger partial charge < -0.3 is 26.4 Å². The predicted molar refractivity (Wildman–Crippen MR) is 189 cm³/mol. The topological polar surface area (TPSA) is 184 Å².